The molecule has 3 nitrogen and oxygen atoms in total. The first-order chi connectivity index (χ1) is 11.2. The van der Waals surface area contributed by atoms with Crippen LogP contribution < -0.4 is 9.78 Å². The Balaban J connectivity index is 2.94. The molecule has 3 N–H and O–H groups in total. The first kappa shape index (κ1) is 21.8. The van der Waals surface area contributed by atoms with Crippen molar-refractivity contribution in [1.82, 2.24) is 9.78 Å². The molecule has 0 unspecified atom stereocenters. The van der Waals surface area contributed by atoms with E-state index in [4.69, 9.17) is 0 Å². The van der Waals surface area contributed by atoms with Crippen molar-refractivity contribution < 1.29 is 24.6 Å². The summed E-state index contributed by atoms with van der Waals surface area (Å²) < 4.78 is 27.9. The first-order valence-corrected chi connectivity index (χ1v) is 17.0. The molecule has 23 heavy (non-hydrogen) atoms. The van der Waals surface area contributed by atoms with Crippen molar-refractivity contribution >= 4 is 15.9 Å². The van der Waals surface area contributed by atoms with E-state index in [9.17, 15) is 3.50 Å². The summed E-state index contributed by atoms with van der Waals surface area (Å²) in [6, 6.07) is 0. The minimum absolute atomic E-state index is 0.956. The average Bonchev–Trinajstić information content (AvgIpc) is 3.04. The number of hydrogen-bond donors (Lipinski definition) is 3. The summed E-state index contributed by atoms with van der Waals surface area (Å²) >= 11 is -5.12. The van der Waals surface area contributed by atoms with E-state index in [1.54, 1.807) is 0 Å². The Morgan fingerprint density at radius 2 is 1.43 bits per heavy atom. The molecular weight excluding hydrogens is 429 g/mol. The van der Waals surface area contributed by atoms with Crippen molar-refractivity contribution in [3.63, 3.8) is 0 Å². The molecule has 0 fully saturated rings. The number of hydrogen-bond acceptors (Lipinski definition) is 3. The average molecular weight is 465 g/mol. The van der Waals surface area contributed by atoms with Crippen LogP contribution >= 0.6 is 0 Å². The Labute approximate surface area is 154 Å². The molecule has 134 valence electrons. The second-order valence-corrected chi connectivity index (χ2v) is 16.3. The topological polar surface area (TPSA) is 36.1 Å². The molecule has 0 saturated heterocycles. The van der Waals surface area contributed by atoms with Gasteiger partial charge in [0.2, 0.25) is 0 Å². The molecule has 0 aromatic carbocycles. The number of rotatable bonds is 14. The molecule has 0 saturated carbocycles. The minimum atomic E-state index is -3.09. The summed E-state index contributed by atoms with van der Waals surface area (Å²) in [6.07, 6.45) is 12.4. The fraction of sp³-hybridized carbons (Fsp3) is 0.765. The van der Waals surface area contributed by atoms with Crippen LogP contribution in [0.1, 0.15) is 65.7 Å². The summed E-state index contributed by atoms with van der Waals surface area (Å²) in [5.41, 5.74) is 0. The van der Waals surface area contributed by atoms with Crippen molar-refractivity contribution in [2.75, 3.05) is 19.6 Å². The molecule has 0 amide bonds. The van der Waals surface area contributed by atoms with Crippen molar-refractivity contribution in [2.24, 2.45) is 0 Å². The molecule has 0 aromatic heterocycles. The predicted molar refractivity (Wildman–Crippen MR) is 99.2 cm³/mol. The van der Waals surface area contributed by atoms with Crippen LogP contribution in [-0.2, 0) is 21.1 Å². The van der Waals surface area contributed by atoms with Crippen molar-refractivity contribution in [3.05, 3.63) is 19.8 Å². The van der Waals surface area contributed by atoms with E-state index < -0.39 is 37.0 Å². The zero-order chi connectivity index (χ0) is 17.0. The van der Waals surface area contributed by atoms with Gasteiger partial charge in [0.1, 0.15) is 0 Å². The Bertz CT molecular complexity index is 362. The van der Waals surface area contributed by atoms with Gasteiger partial charge in [0.05, 0.1) is 0 Å². The Morgan fingerprint density at radius 3 is 1.83 bits per heavy atom. The third kappa shape index (κ3) is 7.23. The van der Waals surface area contributed by atoms with E-state index in [0.29, 0.717) is 0 Å². The molecule has 0 atom stereocenters. The van der Waals surface area contributed by atoms with Gasteiger partial charge in [-0.3, -0.25) is 0 Å². The van der Waals surface area contributed by atoms with Gasteiger partial charge >= 0.3 is 156 Å². The third-order valence-corrected chi connectivity index (χ3v) is 17.5. The summed E-state index contributed by atoms with van der Waals surface area (Å²) in [7, 11) is 0. The van der Waals surface area contributed by atoms with Crippen LogP contribution in [0.25, 0.3) is 0 Å². The quantitative estimate of drug-likeness (QED) is 0.272. The Morgan fingerprint density at radius 1 is 0.957 bits per heavy atom. The van der Waals surface area contributed by atoms with Gasteiger partial charge in [0.15, 0.2) is 0 Å². The molecule has 0 heterocycles. The van der Waals surface area contributed by atoms with Gasteiger partial charge in [-0.25, -0.2) is 0 Å². The van der Waals surface area contributed by atoms with E-state index in [2.05, 4.69) is 42.7 Å². The molecule has 0 bridgehead atoms. The normalized spacial score (nSPS) is 15.5. The van der Waals surface area contributed by atoms with Crippen LogP contribution in [0.3, 0.4) is 0 Å². The molecule has 6 heteroatoms. The molecule has 0 aliphatic heterocycles. The number of halogens is 1. The molecule has 0 aromatic rings. The Hall–Kier alpha value is 0.716. The van der Waals surface area contributed by atoms with Gasteiger partial charge in [-0.2, -0.15) is 0 Å². The van der Waals surface area contributed by atoms with E-state index in [1.165, 1.54) is 41.8 Å². The summed E-state index contributed by atoms with van der Waals surface area (Å²) in [4.78, 5) is 0. The number of unbranched alkanes of at least 4 members (excludes halogenated alkanes) is 3. The van der Waals surface area contributed by atoms with Crippen LogP contribution in [0, 0.1) is 0 Å². The predicted octanol–water partition coefficient (Wildman–Crippen LogP) is 3.28. The van der Waals surface area contributed by atoms with Gasteiger partial charge in [0, 0.05) is 0 Å². The zero-order valence-electron chi connectivity index (χ0n) is 15.3. The zero-order valence-corrected chi connectivity index (χ0v) is 20.7. The van der Waals surface area contributed by atoms with Crippen LogP contribution in [0.4, 0.5) is 3.50 Å². The maximum atomic E-state index is 13.7. The van der Waals surface area contributed by atoms with Gasteiger partial charge < -0.3 is 0 Å². The third-order valence-electron chi connectivity index (χ3n) is 4.39. The van der Waals surface area contributed by atoms with Gasteiger partial charge in [-0.05, 0) is 0 Å². The summed E-state index contributed by atoms with van der Waals surface area (Å²) in [5.74, 6) is 0. The standard InChI is InChI=1S/C5H6FGe.3C4H10N.Zr/c6-7-5-3-1-2-4-5;3*1-2-3-4-5;/h1,3H,2,7H2;3*5H,2-4H2,1H3;/q;3*-1;+3. The molecule has 0 radical (unpaired) electrons. The van der Waals surface area contributed by atoms with Crippen LogP contribution in [-0.4, -0.2) is 35.5 Å². The van der Waals surface area contributed by atoms with Crippen molar-refractivity contribution in [1.29, 1.82) is 0 Å². The first-order valence-electron chi connectivity index (χ1n) is 9.44. The molecule has 1 aliphatic rings. The fourth-order valence-electron chi connectivity index (χ4n) is 2.94. The number of nitrogens with one attached hydrogen (secondary N) is 3. The monoisotopic (exact) mass is 465 g/mol. The van der Waals surface area contributed by atoms with E-state index in [-0.39, 0.29) is 0 Å². The molecule has 0 spiro atoms. The molecule has 1 rings (SSSR count). The SMILES string of the molecule is CCCC[NH][Zr]([NH]CCCC)([NH]CCCC)[C]1=[C]([GeH2][F])C=CC1. The van der Waals surface area contributed by atoms with Crippen molar-refractivity contribution in [3.8, 4) is 0 Å². The van der Waals surface area contributed by atoms with E-state index >= 15 is 0 Å². The van der Waals surface area contributed by atoms with Crippen LogP contribution in [0.2, 0.25) is 0 Å². The van der Waals surface area contributed by atoms with E-state index in [1.807, 2.05) is 0 Å². The van der Waals surface area contributed by atoms with Gasteiger partial charge in [0.25, 0.3) is 0 Å². The Kier molecular flexibility index (Phi) is 12.3. The van der Waals surface area contributed by atoms with Gasteiger partial charge in [-0.1, -0.05) is 0 Å². The molecular formula is C17H36FGeN3Zr. The summed E-state index contributed by atoms with van der Waals surface area (Å²) in [5, 5.41) is 0. The van der Waals surface area contributed by atoms with Crippen LogP contribution in [0.15, 0.2) is 19.8 Å². The van der Waals surface area contributed by atoms with E-state index in [0.717, 1.165) is 30.5 Å². The summed E-state index contributed by atoms with van der Waals surface area (Å²) in [6.45, 7) is 9.81. The fourth-order valence-corrected chi connectivity index (χ4v) is 17.3. The molecule has 1 aliphatic carbocycles. The maximum absolute atomic E-state index is 13.7. The number of allylic oxidation sites excluding steroid dienone is 4. The second kappa shape index (κ2) is 13.0. The van der Waals surface area contributed by atoms with Crippen molar-refractivity contribution in [2.45, 2.75) is 65.7 Å². The van der Waals surface area contributed by atoms with Gasteiger partial charge in [-0.15, -0.1) is 0 Å². The van der Waals surface area contributed by atoms with Crippen LogP contribution in [0.5, 0.6) is 0 Å². The second-order valence-electron chi connectivity index (χ2n) is 6.33.